The van der Waals surface area contributed by atoms with E-state index in [4.69, 9.17) is 23.4 Å². The summed E-state index contributed by atoms with van der Waals surface area (Å²) >= 11 is 0. The van der Waals surface area contributed by atoms with E-state index in [1.165, 1.54) is 0 Å². The van der Waals surface area contributed by atoms with Crippen LogP contribution in [0.3, 0.4) is 0 Å². The van der Waals surface area contributed by atoms with Crippen LogP contribution in [-0.2, 0) is 25.5 Å². The number of aryl methyl sites for hydroxylation is 1. The summed E-state index contributed by atoms with van der Waals surface area (Å²) in [5.41, 5.74) is 3.78. The first-order valence-corrected chi connectivity index (χ1v) is 11.3. The van der Waals surface area contributed by atoms with Crippen molar-refractivity contribution in [2.75, 3.05) is 44.3 Å². The Kier molecular flexibility index (Phi) is 4.88. The number of piperazine rings is 1. The van der Waals surface area contributed by atoms with Crippen LogP contribution in [0.4, 0.5) is 5.69 Å². The van der Waals surface area contributed by atoms with Crippen molar-refractivity contribution in [1.82, 2.24) is 4.90 Å². The van der Waals surface area contributed by atoms with Crippen LogP contribution in [0.15, 0.2) is 47.1 Å². The summed E-state index contributed by atoms with van der Waals surface area (Å²) in [5.74, 6) is -2.38. The van der Waals surface area contributed by atoms with E-state index in [1.54, 1.807) is 11.2 Å². The molecule has 3 aliphatic rings. The van der Waals surface area contributed by atoms with E-state index in [9.17, 15) is 9.59 Å². The van der Waals surface area contributed by atoms with Crippen LogP contribution < -0.4 is 14.4 Å². The maximum atomic E-state index is 12.1. The van der Waals surface area contributed by atoms with E-state index in [-0.39, 0.29) is 6.54 Å². The molecule has 1 aromatic heterocycles. The molecule has 4 heterocycles. The van der Waals surface area contributed by atoms with Crippen LogP contribution in [0, 0.1) is 6.92 Å². The third kappa shape index (κ3) is 3.43. The first-order chi connectivity index (χ1) is 16.5. The fourth-order valence-electron chi connectivity index (χ4n) is 4.86. The quantitative estimate of drug-likeness (QED) is 0.427. The van der Waals surface area contributed by atoms with Gasteiger partial charge in [0.05, 0.1) is 18.5 Å². The predicted molar refractivity (Wildman–Crippen MR) is 121 cm³/mol. The van der Waals surface area contributed by atoms with Gasteiger partial charge in [0.1, 0.15) is 18.8 Å². The molecule has 1 spiro atoms. The number of anilines is 1. The molecule has 0 aliphatic carbocycles. The topological polar surface area (TPSA) is 90.7 Å². The molecule has 3 aliphatic heterocycles. The standard InChI is InChI=1S/C25H24N2O7/c1-16-5-6-18-17(14-32-21(18)13-16)7-8-26-9-10-27(25(15-26)33-23(28)24(29)34-25)19-3-2-4-20-22(19)31-12-11-30-20/h2-6,13-14H,7-12,15H2,1H3. The summed E-state index contributed by atoms with van der Waals surface area (Å²) in [4.78, 5) is 28.2. The largest absolute Gasteiger partial charge is 0.486 e. The number of esters is 2. The first-order valence-electron chi connectivity index (χ1n) is 11.3. The van der Waals surface area contributed by atoms with E-state index in [0.717, 1.165) is 28.5 Å². The Bertz CT molecular complexity index is 1270. The fourth-order valence-corrected chi connectivity index (χ4v) is 4.86. The third-order valence-corrected chi connectivity index (χ3v) is 6.49. The van der Waals surface area contributed by atoms with E-state index < -0.39 is 17.8 Å². The van der Waals surface area contributed by atoms with Gasteiger partial charge < -0.3 is 23.4 Å². The van der Waals surface area contributed by atoms with Crippen molar-refractivity contribution in [2.45, 2.75) is 19.3 Å². The van der Waals surface area contributed by atoms with Crippen LogP contribution in [-0.4, -0.2) is 62.1 Å². The molecule has 0 saturated carbocycles. The number of furan rings is 1. The Balaban J connectivity index is 1.26. The van der Waals surface area contributed by atoms with Gasteiger partial charge in [0.15, 0.2) is 11.5 Å². The van der Waals surface area contributed by atoms with Gasteiger partial charge in [0, 0.05) is 25.0 Å². The molecule has 0 amide bonds. The van der Waals surface area contributed by atoms with Crippen molar-refractivity contribution >= 4 is 28.6 Å². The first kappa shape index (κ1) is 20.9. The summed E-state index contributed by atoms with van der Waals surface area (Å²) in [6, 6.07) is 11.7. The van der Waals surface area contributed by atoms with Crippen molar-refractivity contribution in [3.63, 3.8) is 0 Å². The highest BCUT2D eigenvalue weighted by molar-refractivity contribution is 6.31. The van der Waals surface area contributed by atoms with Gasteiger partial charge in [-0.3, -0.25) is 9.80 Å². The molecule has 0 atom stereocenters. The van der Waals surface area contributed by atoms with E-state index in [0.29, 0.717) is 50.0 Å². The van der Waals surface area contributed by atoms with Gasteiger partial charge in [-0.15, -0.1) is 0 Å². The SMILES string of the molecule is Cc1ccc2c(CCN3CCN(c4cccc5c4OCCO5)C4(C3)OC(=O)C(=O)O4)coc2c1. The second-order valence-corrected chi connectivity index (χ2v) is 8.73. The Morgan fingerprint density at radius 2 is 1.82 bits per heavy atom. The summed E-state index contributed by atoms with van der Waals surface area (Å²) in [7, 11) is 0. The minimum atomic E-state index is -1.56. The van der Waals surface area contributed by atoms with Crippen molar-refractivity contribution in [2.24, 2.45) is 0 Å². The monoisotopic (exact) mass is 464 g/mol. The Morgan fingerprint density at radius 3 is 2.68 bits per heavy atom. The van der Waals surface area contributed by atoms with Gasteiger partial charge in [-0.1, -0.05) is 18.2 Å². The maximum absolute atomic E-state index is 12.1. The molecule has 0 bridgehead atoms. The average molecular weight is 464 g/mol. The number of hydrogen-bond donors (Lipinski definition) is 0. The highest BCUT2D eigenvalue weighted by Crippen LogP contribution is 2.44. The predicted octanol–water partition coefficient (Wildman–Crippen LogP) is 2.63. The number of fused-ring (bicyclic) bond motifs is 2. The van der Waals surface area contributed by atoms with Gasteiger partial charge in [-0.2, -0.15) is 0 Å². The molecule has 2 aromatic carbocycles. The Morgan fingerprint density at radius 1 is 1.00 bits per heavy atom. The molecule has 0 radical (unpaired) electrons. The maximum Gasteiger partial charge on any atom is 0.422 e. The molecule has 34 heavy (non-hydrogen) atoms. The van der Waals surface area contributed by atoms with E-state index >= 15 is 0 Å². The van der Waals surface area contributed by atoms with Crippen LogP contribution in [0.5, 0.6) is 11.5 Å². The second-order valence-electron chi connectivity index (χ2n) is 8.73. The fraction of sp³-hybridized carbons (Fsp3) is 0.360. The number of para-hydroxylation sites is 1. The van der Waals surface area contributed by atoms with Crippen LogP contribution in [0.2, 0.25) is 0 Å². The molecule has 2 saturated heterocycles. The third-order valence-electron chi connectivity index (χ3n) is 6.49. The number of benzene rings is 2. The minimum absolute atomic E-state index is 0.212. The summed E-state index contributed by atoms with van der Waals surface area (Å²) in [6.07, 6.45) is 2.53. The van der Waals surface area contributed by atoms with E-state index in [2.05, 4.69) is 17.0 Å². The number of hydrogen-bond acceptors (Lipinski definition) is 9. The lowest BCUT2D eigenvalue weighted by atomic mass is 10.1. The molecule has 0 N–H and O–H groups in total. The lowest BCUT2D eigenvalue weighted by Gasteiger charge is -2.46. The summed E-state index contributed by atoms with van der Waals surface area (Å²) in [5, 5.41) is 1.09. The van der Waals surface area contributed by atoms with Gasteiger partial charge in [-0.25, -0.2) is 9.59 Å². The molecule has 0 unspecified atom stereocenters. The Hall–Kier alpha value is -3.72. The molecule has 6 rings (SSSR count). The zero-order valence-electron chi connectivity index (χ0n) is 18.7. The normalized spacial score (nSPS) is 19.5. The summed E-state index contributed by atoms with van der Waals surface area (Å²) in [6.45, 7) is 4.94. The lowest BCUT2D eigenvalue weighted by molar-refractivity contribution is -0.192. The highest BCUT2D eigenvalue weighted by Gasteiger charge is 2.56. The molecule has 9 heteroatoms. The van der Waals surface area contributed by atoms with Crippen molar-refractivity contribution in [3.05, 3.63) is 53.8 Å². The number of carbonyl (C=O) groups is 2. The summed E-state index contributed by atoms with van der Waals surface area (Å²) < 4.78 is 28.4. The molecule has 2 fully saturated rings. The van der Waals surface area contributed by atoms with Gasteiger partial charge >= 0.3 is 17.8 Å². The molecule has 3 aromatic rings. The minimum Gasteiger partial charge on any atom is -0.486 e. The highest BCUT2D eigenvalue weighted by atomic mass is 16.8. The van der Waals surface area contributed by atoms with Crippen LogP contribution >= 0.6 is 0 Å². The van der Waals surface area contributed by atoms with Gasteiger partial charge in [0.2, 0.25) is 0 Å². The Labute approximate surface area is 195 Å². The van der Waals surface area contributed by atoms with Crippen molar-refractivity contribution < 1.29 is 33.0 Å². The molecular weight excluding hydrogens is 440 g/mol. The van der Waals surface area contributed by atoms with Gasteiger partial charge in [-0.05, 0) is 42.7 Å². The van der Waals surface area contributed by atoms with Crippen molar-refractivity contribution in [1.29, 1.82) is 0 Å². The zero-order chi connectivity index (χ0) is 23.3. The number of rotatable bonds is 4. The molecule has 176 valence electrons. The average Bonchev–Trinajstić information content (AvgIpc) is 3.36. The smallest absolute Gasteiger partial charge is 0.422 e. The van der Waals surface area contributed by atoms with Crippen LogP contribution in [0.1, 0.15) is 11.1 Å². The molecule has 9 nitrogen and oxygen atoms in total. The number of nitrogens with zero attached hydrogens (tertiary/aromatic N) is 2. The number of carbonyl (C=O) groups excluding carboxylic acids is 2. The van der Waals surface area contributed by atoms with Crippen molar-refractivity contribution in [3.8, 4) is 11.5 Å². The van der Waals surface area contributed by atoms with Gasteiger partial charge in [0.25, 0.3) is 0 Å². The lowest BCUT2D eigenvalue weighted by Crippen LogP contribution is -2.64. The van der Waals surface area contributed by atoms with E-state index in [1.807, 2.05) is 31.2 Å². The second kappa shape index (κ2) is 7.95. The van der Waals surface area contributed by atoms with Crippen LogP contribution in [0.25, 0.3) is 11.0 Å². The number of ether oxygens (including phenoxy) is 4. The molecular formula is C25H24N2O7. The zero-order valence-corrected chi connectivity index (χ0v) is 18.7.